The van der Waals surface area contributed by atoms with E-state index in [2.05, 4.69) is 18.9 Å². The van der Waals surface area contributed by atoms with Gasteiger partial charge >= 0.3 is 0 Å². The minimum atomic E-state index is -0.393. The molecule has 6 nitrogen and oxygen atoms in total. The number of likely N-dealkylation sites (tertiary alicyclic amines) is 1. The van der Waals surface area contributed by atoms with E-state index in [1.54, 1.807) is 16.8 Å². The van der Waals surface area contributed by atoms with Crippen LogP contribution in [0.4, 0.5) is 0 Å². The summed E-state index contributed by atoms with van der Waals surface area (Å²) < 4.78 is 2.00. The summed E-state index contributed by atoms with van der Waals surface area (Å²) in [6, 6.07) is -0.0969. The Bertz CT molecular complexity index is 606. The Morgan fingerprint density at radius 2 is 1.96 bits per heavy atom. The number of likely N-dealkylation sites (N-methyl/N-ethyl adjacent to an activating group) is 1. The highest BCUT2D eigenvalue weighted by atomic mass is 16.2. The SMILES string of the molecule is Cc1nn(C(C)C)c(C)c1CN(C)C(=O)[C@@H](C)N1CCCC1=O. The summed E-state index contributed by atoms with van der Waals surface area (Å²) in [4.78, 5) is 27.9. The van der Waals surface area contributed by atoms with Crippen LogP contribution >= 0.6 is 0 Å². The molecule has 1 aromatic rings. The Labute approximate surface area is 138 Å². The van der Waals surface area contributed by atoms with Crippen molar-refractivity contribution >= 4 is 11.8 Å². The smallest absolute Gasteiger partial charge is 0.245 e. The van der Waals surface area contributed by atoms with Crippen LogP contribution < -0.4 is 0 Å². The van der Waals surface area contributed by atoms with E-state index in [4.69, 9.17) is 0 Å². The maximum absolute atomic E-state index is 12.6. The molecule has 1 saturated heterocycles. The van der Waals surface area contributed by atoms with Gasteiger partial charge in [0.15, 0.2) is 0 Å². The van der Waals surface area contributed by atoms with Gasteiger partial charge in [0.05, 0.1) is 5.69 Å². The third-order valence-corrected chi connectivity index (χ3v) is 4.67. The molecule has 0 spiro atoms. The number of carbonyl (C=O) groups excluding carboxylic acids is 2. The molecule has 0 aliphatic carbocycles. The van der Waals surface area contributed by atoms with Gasteiger partial charge in [-0.3, -0.25) is 14.3 Å². The highest BCUT2D eigenvalue weighted by molar-refractivity contribution is 5.88. The first-order valence-corrected chi connectivity index (χ1v) is 8.33. The lowest BCUT2D eigenvalue weighted by atomic mass is 10.1. The number of aromatic nitrogens is 2. The molecule has 23 heavy (non-hydrogen) atoms. The molecule has 1 aliphatic rings. The fourth-order valence-corrected chi connectivity index (χ4v) is 3.27. The molecule has 0 saturated carbocycles. The van der Waals surface area contributed by atoms with Crippen molar-refractivity contribution in [3.05, 3.63) is 17.0 Å². The number of rotatable bonds is 5. The van der Waals surface area contributed by atoms with Crippen LogP contribution in [0.2, 0.25) is 0 Å². The second-order valence-corrected chi connectivity index (χ2v) is 6.75. The van der Waals surface area contributed by atoms with Crippen molar-refractivity contribution in [3.63, 3.8) is 0 Å². The van der Waals surface area contributed by atoms with Crippen LogP contribution in [-0.4, -0.2) is 51.0 Å². The number of hydrogen-bond acceptors (Lipinski definition) is 3. The predicted octanol–water partition coefficient (Wildman–Crippen LogP) is 2.05. The molecule has 0 N–H and O–H groups in total. The molecular formula is C17H28N4O2. The molecule has 2 rings (SSSR count). The molecule has 0 aromatic carbocycles. The number of hydrogen-bond donors (Lipinski definition) is 0. The van der Waals surface area contributed by atoms with Gasteiger partial charge in [0, 0.05) is 43.9 Å². The van der Waals surface area contributed by atoms with Gasteiger partial charge in [-0.2, -0.15) is 5.10 Å². The fourth-order valence-electron chi connectivity index (χ4n) is 3.27. The minimum absolute atomic E-state index is 0.0173. The van der Waals surface area contributed by atoms with Gasteiger partial charge in [0.2, 0.25) is 11.8 Å². The third kappa shape index (κ3) is 3.41. The van der Waals surface area contributed by atoms with Crippen molar-refractivity contribution in [3.8, 4) is 0 Å². The van der Waals surface area contributed by atoms with Crippen LogP contribution in [-0.2, 0) is 16.1 Å². The second kappa shape index (κ2) is 6.72. The number of aryl methyl sites for hydroxylation is 1. The van der Waals surface area contributed by atoms with Crippen molar-refractivity contribution in [1.82, 2.24) is 19.6 Å². The molecule has 1 aliphatic heterocycles. The number of nitrogens with zero attached hydrogens (tertiary/aromatic N) is 4. The lowest BCUT2D eigenvalue weighted by molar-refractivity contribution is -0.142. The van der Waals surface area contributed by atoms with Gasteiger partial charge in [-0.05, 0) is 41.0 Å². The molecule has 128 valence electrons. The molecule has 0 unspecified atom stereocenters. The van der Waals surface area contributed by atoms with Gasteiger partial charge in [-0.15, -0.1) is 0 Å². The summed E-state index contributed by atoms with van der Waals surface area (Å²) in [5, 5.41) is 4.57. The summed E-state index contributed by atoms with van der Waals surface area (Å²) in [5.74, 6) is 0.0654. The van der Waals surface area contributed by atoms with Gasteiger partial charge in [0.1, 0.15) is 6.04 Å². The largest absolute Gasteiger partial charge is 0.340 e. The van der Waals surface area contributed by atoms with Crippen LogP contribution in [0, 0.1) is 13.8 Å². The maximum Gasteiger partial charge on any atom is 0.245 e. The summed E-state index contributed by atoms with van der Waals surface area (Å²) in [5.41, 5.74) is 3.15. The average Bonchev–Trinajstić information content (AvgIpc) is 3.03. The van der Waals surface area contributed by atoms with Crippen molar-refractivity contribution in [2.24, 2.45) is 0 Å². The standard InChI is InChI=1S/C17H28N4O2/c1-11(2)21-13(4)15(12(3)18-21)10-19(6)17(23)14(5)20-9-7-8-16(20)22/h11,14H,7-10H2,1-6H3/t14-/m1/s1. The van der Waals surface area contributed by atoms with Crippen LogP contribution in [0.1, 0.15) is 56.6 Å². The zero-order valence-electron chi connectivity index (χ0n) is 15.1. The lowest BCUT2D eigenvalue weighted by Gasteiger charge is -2.28. The van der Waals surface area contributed by atoms with E-state index in [0.717, 1.165) is 23.4 Å². The van der Waals surface area contributed by atoms with E-state index in [0.29, 0.717) is 25.6 Å². The molecule has 2 amide bonds. The van der Waals surface area contributed by atoms with Gasteiger partial charge in [-0.25, -0.2) is 0 Å². The molecule has 6 heteroatoms. The highest BCUT2D eigenvalue weighted by Crippen LogP contribution is 2.20. The Morgan fingerprint density at radius 3 is 2.43 bits per heavy atom. The molecule has 1 atom stereocenters. The normalized spacial score (nSPS) is 16.3. The number of carbonyl (C=O) groups is 2. The van der Waals surface area contributed by atoms with E-state index in [1.807, 2.05) is 25.5 Å². The Kier molecular flexibility index (Phi) is 5.12. The first kappa shape index (κ1) is 17.5. The van der Waals surface area contributed by atoms with Crippen LogP contribution in [0.3, 0.4) is 0 Å². The fraction of sp³-hybridized carbons (Fsp3) is 0.706. The first-order valence-electron chi connectivity index (χ1n) is 8.33. The summed E-state index contributed by atoms with van der Waals surface area (Å²) in [7, 11) is 1.80. The molecular weight excluding hydrogens is 292 g/mol. The summed E-state index contributed by atoms with van der Waals surface area (Å²) in [6.07, 6.45) is 1.40. The van der Waals surface area contributed by atoms with Crippen molar-refractivity contribution < 1.29 is 9.59 Å². The Hall–Kier alpha value is -1.85. The molecule has 1 fully saturated rings. The number of amides is 2. The van der Waals surface area contributed by atoms with Gasteiger partial charge in [-0.1, -0.05) is 0 Å². The van der Waals surface area contributed by atoms with Crippen LogP contribution in [0.15, 0.2) is 0 Å². The topological polar surface area (TPSA) is 58.4 Å². The Morgan fingerprint density at radius 1 is 1.30 bits per heavy atom. The zero-order chi connectivity index (χ0) is 17.3. The molecule has 1 aromatic heterocycles. The molecule has 2 heterocycles. The highest BCUT2D eigenvalue weighted by Gasteiger charge is 2.31. The van der Waals surface area contributed by atoms with E-state index in [9.17, 15) is 9.59 Å². The van der Waals surface area contributed by atoms with E-state index in [-0.39, 0.29) is 11.8 Å². The first-order chi connectivity index (χ1) is 10.7. The van der Waals surface area contributed by atoms with E-state index >= 15 is 0 Å². The van der Waals surface area contributed by atoms with E-state index in [1.165, 1.54) is 0 Å². The average molecular weight is 320 g/mol. The predicted molar refractivity (Wildman–Crippen MR) is 89.0 cm³/mol. The Balaban J connectivity index is 2.11. The van der Waals surface area contributed by atoms with Crippen molar-refractivity contribution in [1.29, 1.82) is 0 Å². The van der Waals surface area contributed by atoms with Crippen LogP contribution in [0.5, 0.6) is 0 Å². The van der Waals surface area contributed by atoms with Gasteiger partial charge in [0.25, 0.3) is 0 Å². The zero-order valence-corrected chi connectivity index (χ0v) is 15.1. The van der Waals surface area contributed by atoms with Crippen LogP contribution in [0.25, 0.3) is 0 Å². The lowest BCUT2D eigenvalue weighted by Crippen LogP contribution is -2.46. The summed E-state index contributed by atoms with van der Waals surface area (Å²) in [6.45, 7) is 11.2. The third-order valence-electron chi connectivity index (χ3n) is 4.67. The van der Waals surface area contributed by atoms with Gasteiger partial charge < -0.3 is 9.80 Å². The molecule has 0 bridgehead atoms. The second-order valence-electron chi connectivity index (χ2n) is 6.75. The quantitative estimate of drug-likeness (QED) is 0.834. The molecule has 0 radical (unpaired) electrons. The van der Waals surface area contributed by atoms with E-state index < -0.39 is 6.04 Å². The maximum atomic E-state index is 12.6. The van der Waals surface area contributed by atoms with Crippen molar-refractivity contribution in [2.75, 3.05) is 13.6 Å². The summed E-state index contributed by atoms with van der Waals surface area (Å²) >= 11 is 0. The van der Waals surface area contributed by atoms with Crippen molar-refractivity contribution in [2.45, 2.75) is 66.1 Å². The minimum Gasteiger partial charge on any atom is -0.340 e. The monoisotopic (exact) mass is 320 g/mol.